The highest BCUT2D eigenvalue weighted by Crippen LogP contribution is 2.33. The second kappa shape index (κ2) is 5.90. The molecule has 0 bridgehead atoms. The molecule has 1 aliphatic rings. The van der Waals surface area contributed by atoms with Crippen molar-refractivity contribution in [1.82, 2.24) is 14.3 Å². The molecule has 27 heavy (non-hydrogen) atoms. The molecule has 0 saturated heterocycles. The molecule has 0 radical (unpaired) electrons. The van der Waals surface area contributed by atoms with E-state index in [-0.39, 0.29) is 18.3 Å². The van der Waals surface area contributed by atoms with Crippen molar-refractivity contribution in [3.05, 3.63) is 59.7 Å². The van der Waals surface area contributed by atoms with E-state index in [0.29, 0.717) is 11.2 Å². The van der Waals surface area contributed by atoms with E-state index >= 15 is 0 Å². The highest BCUT2D eigenvalue weighted by molar-refractivity contribution is 6.07. The van der Waals surface area contributed by atoms with Crippen LogP contribution in [0, 0.1) is 5.82 Å². The van der Waals surface area contributed by atoms with Gasteiger partial charge in [-0.25, -0.2) is 19.1 Å². The largest absolute Gasteiger partial charge is 0.443 e. The van der Waals surface area contributed by atoms with Gasteiger partial charge in [-0.05, 0) is 38.5 Å². The maximum absolute atomic E-state index is 13.4. The topological polar surface area (TPSA) is 63.9 Å². The summed E-state index contributed by atoms with van der Waals surface area (Å²) in [6, 6.07) is 7.99. The number of rotatable bonds is 1. The maximum atomic E-state index is 13.4. The van der Waals surface area contributed by atoms with Crippen molar-refractivity contribution in [3.8, 4) is 11.3 Å². The summed E-state index contributed by atoms with van der Waals surface area (Å²) in [7, 11) is 0. The molecule has 2 aromatic heterocycles. The third-order valence-corrected chi connectivity index (χ3v) is 4.33. The summed E-state index contributed by atoms with van der Waals surface area (Å²) in [6.07, 6.45) is 2.55. The lowest BCUT2D eigenvalue weighted by Gasteiger charge is -2.23. The highest BCUT2D eigenvalue weighted by atomic mass is 19.1. The molecule has 0 spiro atoms. The Labute approximate surface area is 155 Å². The fourth-order valence-corrected chi connectivity index (χ4v) is 3.19. The average Bonchev–Trinajstić information content (AvgIpc) is 3.14. The molecule has 3 heterocycles. The van der Waals surface area contributed by atoms with Crippen molar-refractivity contribution in [2.75, 3.05) is 0 Å². The number of ether oxygens (including phenoxy) is 1. The first-order valence-electron chi connectivity index (χ1n) is 8.54. The first-order chi connectivity index (χ1) is 12.7. The van der Waals surface area contributed by atoms with E-state index in [4.69, 9.17) is 4.74 Å². The Kier molecular flexibility index (Phi) is 3.76. The predicted molar refractivity (Wildman–Crippen MR) is 96.7 cm³/mol. The molecule has 3 aromatic rings. The normalized spacial score (nSPS) is 13.9. The predicted octanol–water partition coefficient (Wildman–Crippen LogP) is 4.03. The van der Waals surface area contributed by atoms with Crippen molar-refractivity contribution < 1.29 is 18.7 Å². The van der Waals surface area contributed by atoms with Crippen molar-refractivity contribution in [2.45, 2.75) is 32.9 Å². The number of imide groups is 1. The van der Waals surface area contributed by atoms with Gasteiger partial charge >= 0.3 is 6.09 Å². The highest BCUT2D eigenvalue weighted by Gasteiger charge is 2.36. The number of hydrogen-bond donors (Lipinski definition) is 0. The molecule has 2 amide bonds. The van der Waals surface area contributed by atoms with E-state index < -0.39 is 11.7 Å². The van der Waals surface area contributed by atoms with Crippen LogP contribution in [0.1, 0.15) is 36.7 Å². The summed E-state index contributed by atoms with van der Waals surface area (Å²) in [5.74, 6) is -0.759. The number of amides is 2. The minimum Gasteiger partial charge on any atom is -0.443 e. The summed E-state index contributed by atoms with van der Waals surface area (Å²) in [6.45, 7) is 5.37. The Hall–Kier alpha value is -3.22. The molecule has 0 fully saturated rings. The SMILES string of the molecule is CC(C)(C)OC(=O)N1Cc2c(cccc2-c2cnc3cc(F)ccn23)C1=O. The minimum atomic E-state index is -0.694. The van der Waals surface area contributed by atoms with Gasteiger partial charge in [-0.3, -0.25) is 9.20 Å². The van der Waals surface area contributed by atoms with Gasteiger partial charge in [0.25, 0.3) is 5.91 Å². The second-order valence-corrected chi connectivity index (χ2v) is 7.42. The fourth-order valence-electron chi connectivity index (χ4n) is 3.19. The minimum absolute atomic E-state index is 0.119. The number of hydrogen-bond acceptors (Lipinski definition) is 4. The second-order valence-electron chi connectivity index (χ2n) is 7.42. The Balaban J connectivity index is 1.76. The summed E-state index contributed by atoms with van der Waals surface area (Å²) >= 11 is 0. The molecule has 0 unspecified atom stereocenters. The third-order valence-electron chi connectivity index (χ3n) is 4.33. The van der Waals surface area contributed by atoms with Gasteiger partial charge in [0.1, 0.15) is 17.1 Å². The van der Waals surface area contributed by atoms with Crippen LogP contribution >= 0.6 is 0 Å². The first kappa shape index (κ1) is 17.2. The van der Waals surface area contributed by atoms with Crippen LogP contribution in [-0.4, -0.2) is 31.9 Å². The molecular weight excluding hydrogens is 349 g/mol. The van der Waals surface area contributed by atoms with Crippen molar-refractivity contribution >= 4 is 17.6 Å². The molecule has 6 nitrogen and oxygen atoms in total. The molecule has 0 atom stereocenters. The number of nitrogens with zero attached hydrogens (tertiary/aromatic N) is 3. The Morgan fingerprint density at radius 3 is 2.70 bits per heavy atom. The van der Waals surface area contributed by atoms with Gasteiger partial charge in [-0.1, -0.05) is 12.1 Å². The molecule has 1 aromatic carbocycles. The summed E-state index contributed by atoms with van der Waals surface area (Å²) in [5.41, 5.74) is 2.44. The van der Waals surface area contributed by atoms with Gasteiger partial charge in [0.05, 0.1) is 18.4 Å². The van der Waals surface area contributed by atoms with Crippen molar-refractivity contribution in [2.24, 2.45) is 0 Å². The van der Waals surface area contributed by atoms with Crippen LogP contribution in [0.4, 0.5) is 9.18 Å². The number of carbonyl (C=O) groups is 2. The van der Waals surface area contributed by atoms with Crippen LogP contribution in [-0.2, 0) is 11.3 Å². The van der Waals surface area contributed by atoms with Crippen LogP contribution in [0.3, 0.4) is 0 Å². The molecule has 4 rings (SSSR count). The van der Waals surface area contributed by atoms with Crippen LogP contribution in [0.5, 0.6) is 0 Å². The molecule has 1 aliphatic heterocycles. The van der Waals surface area contributed by atoms with Gasteiger partial charge in [-0.2, -0.15) is 0 Å². The smallest absolute Gasteiger partial charge is 0.417 e. The lowest BCUT2D eigenvalue weighted by atomic mass is 10.0. The van der Waals surface area contributed by atoms with Crippen molar-refractivity contribution in [1.29, 1.82) is 0 Å². The Bertz CT molecular complexity index is 1080. The molecule has 7 heteroatoms. The van der Waals surface area contributed by atoms with E-state index in [1.54, 1.807) is 49.7 Å². The molecule has 0 saturated carbocycles. The van der Waals surface area contributed by atoms with Crippen LogP contribution in [0.15, 0.2) is 42.7 Å². The molecule has 0 N–H and O–H groups in total. The van der Waals surface area contributed by atoms with Gasteiger partial charge < -0.3 is 4.74 Å². The standard InChI is InChI=1S/C20H18FN3O3/c1-20(2,3)27-19(26)24-11-15-13(5-4-6-14(15)18(24)25)16-10-22-17-9-12(21)7-8-23(16)17/h4-10H,11H2,1-3H3. The summed E-state index contributed by atoms with van der Waals surface area (Å²) in [4.78, 5) is 30.5. The lowest BCUT2D eigenvalue weighted by Crippen LogP contribution is -2.36. The zero-order chi connectivity index (χ0) is 19.3. The van der Waals surface area contributed by atoms with Gasteiger partial charge in [0, 0.05) is 23.4 Å². The summed E-state index contributed by atoms with van der Waals surface area (Å²) in [5, 5.41) is 0. The maximum Gasteiger partial charge on any atom is 0.417 e. The lowest BCUT2D eigenvalue weighted by molar-refractivity contribution is 0.0248. The van der Waals surface area contributed by atoms with Crippen LogP contribution in [0.2, 0.25) is 0 Å². The van der Waals surface area contributed by atoms with Gasteiger partial charge in [0.15, 0.2) is 0 Å². The average molecular weight is 367 g/mol. The monoisotopic (exact) mass is 367 g/mol. The first-order valence-corrected chi connectivity index (χ1v) is 8.54. The van der Waals surface area contributed by atoms with Crippen LogP contribution in [0.25, 0.3) is 16.9 Å². The Morgan fingerprint density at radius 2 is 1.96 bits per heavy atom. The van der Waals surface area contributed by atoms with E-state index in [2.05, 4.69) is 4.98 Å². The number of pyridine rings is 1. The van der Waals surface area contributed by atoms with E-state index in [0.717, 1.165) is 21.7 Å². The van der Waals surface area contributed by atoms with Gasteiger partial charge in [0.2, 0.25) is 0 Å². The molecule has 0 aliphatic carbocycles. The van der Waals surface area contributed by atoms with Gasteiger partial charge in [-0.15, -0.1) is 0 Å². The van der Waals surface area contributed by atoms with E-state index in [1.165, 1.54) is 12.1 Å². The quantitative estimate of drug-likeness (QED) is 0.651. The number of fused-ring (bicyclic) bond motifs is 2. The van der Waals surface area contributed by atoms with Crippen LogP contribution < -0.4 is 0 Å². The number of benzene rings is 1. The zero-order valence-corrected chi connectivity index (χ0v) is 15.2. The molecular formula is C20H18FN3O3. The van der Waals surface area contributed by atoms with E-state index in [1.807, 2.05) is 6.07 Å². The van der Waals surface area contributed by atoms with E-state index in [9.17, 15) is 14.0 Å². The zero-order valence-electron chi connectivity index (χ0n) is 15.2. The molecule has 138 valence electrons. The Morgan fingerprint density at radius 1 is 1.22 bits per heavy atom. The number of halogens is 1. The number of imidazole rings is 1. The third kappa shape index (κ3) is 2.95. The number of aromatic nitrogens is 2. The summed E-state index contributed by atoms with van der Waals surface area (Å²) < 4.78 is 20.5. The number of carbonyl (C=O) groups excluding carboxylic acids is 2. The van der Waals surface area contributed by atoms with Crippen molar-refractivity contribution in [3.63, 3.8) is 0 Å². The fraction of sp³-hybridized carbons (Fsp3) is 0.250.